The Balaban J connectivity index is 1.15. The predicted octanol–water partition coefficient (Wildman–Crippen LogP) is 13.4. The highest BCUT2D eigenvalue weighted by molar-refractivity contribution is 6.88. The molecule has 254 valence electrons. The summed E-state index contributed by atoms with van der Waals surface area (Å²) < 4.78 is 6.63. The van der Waals surface area contributed by atoms with Gasteiger partial charge in [0.2, 0.25) is 0 Å². The maximum atomic E-state index is 6.63. The van der Waals surface area contributed by atoms with Gasteiger partial charge in [0.25, 0.3) is 0 Å². The second kappa shape index (κ2) is 10.6. The lowest BCUT2D eigenvalue weighted by atomic mass is 9.79. The highest BCUT2D eigenvalue weighted by Gasteiger charge is 2.41. The summed E-state index contributed by atoms with van der Waals surface area (Å²) in [6.45, 7) is 16.8. The van der Waals surface area contributed by atoms with E-state index in [1.165, 1.54) is 60.5 Å². The van der Waals surface area contributed by atoms with Crippen molar-refractivity contribution in [2.45, 2.75) is 58.2 Å². The van der Waals surface area contributed by atoms with E-state index in [1.807, 2.05) is 6.07 Å². The Morgan fingerprint density at radius 2 is 1.10 bits per heavy atom. The quantitative estimate of drug-likeness (QED) is 0.171. The van der Waals surface area contributed by atoms with Crippen LogP contribution in [0.3, 0.4) is 0 Å². The molecule has 0 N–H and O–H groups in total. The summed E-state index contributed by atoms with van der Waals surface area (Å²) in [7, 11) is -1.47. The van der Waals surface area contributed by atoms with Crippen molar-refractivity contribution in [2.75, 3.05) is 4.90 Å². The van der Waals surface area contributed by atoms with Crippen LogP contribution in [0.15, 0.2) is 138 Å². The fourth-order valence-electron chi connectivity index (χ4n) is 9.24. The molecular formula is C49H43NOSi. The molecule has 10 rings (SSSR count). The first-order chi connectivity index (χ1) is 24.9. The summed E-state index contributed by atoms with van der Waals surface area (Å²) in [5.41, 5.74) is 16.1. The standard InChI is InChI=1S/C49H43NOSi/c1-48(2)41-16-10-8-13-35(41)39-28-44-40(29-43(39)48)38-26-30-19-20-33(25-31(30)27-42(38)49(44,3)4)50(32-21-23-34(24-22-32)52(5,6)7)45-17-12-15-37-36-14-9-11-18-46(36)51-47(37)45/h8-29H,1-7H3. The molecule has 0 fully saturated rings. The SMILES string of the molecule is CC1(C)c2ccccc2-c2cc3c(cc21)-c1cc2ccc(N(c4ccc([Si](C)(C)C)cc4)c4cccc5c4oc4ccccc45)cc2cc1C3(C)C. The number of furan rings is 1. The van der Waals surface area contributed by atoms with E-state index in [2.05, 4.69) is 180 Å². The summed E-state index contributed by atoms with van der Waals surface area (Å²) >= 11 is 0. The maximum absolute atomic E-state index is 6.63. The smallest absolute Gasteiger partial charge is 0.159 e. The number of para-hydroxylation sites is 2. The minimum Gasteiger partial charge on any atom is -0.454 e. The molecule has 1 heterocycles. The number of nitrogens with zero attached hydrogens (tertiary/aromatic N) is 1. The number of hydrogen-bond acceptors (Lipinski definition) is 2. The molecule has 0 bridgehead atoms. The molecule has 0 atom stereocenters. The van der Waals surface area contributed by atoms with Gasteiger partial charge in [-0.25, -0.2) is 0 Å². The molecule has 8 aromatic rings. The van der Waals surface area contributed by atoms with Crippen LogP contribution in [0, 0.1) is 0 Å². The molecule has 0 saturated heterocycles. The minimum absolute atomic E-state index is 0.0287. The van der Waals surface area contributed by atoms with Crippen molar-refractivity contribution in [3.05, 3.63) is 156 Å². The van der Waals surface area contributed by atoms with Crippen LogP contribution in [-0.2, 0) is 10.8 Å². The largest absolute Gasteiger partial charge is 0.454 e. The van der Waals surface area contributed by atoms with Gasteiger partial charge < -0.3 is 9.32 Å². The molecule has 0 amide bonds. The lowest BCUT2D eigenvalue weighted by Gasteiger charge is -2.27. The van der Waals surface area contributed by atoms with Gasteiger partial charge in [0.15, 0.2) is 5.58 Å². The lowest BCUT2D eigenvalue weighted by Crippen LogP contribution is -2.37. The van der Waals surface area contributed by atoms with Crippen molar-refractivity contribution < 1.29 is 4.42 Å². The normalized spacial score (nSPS) is 15.1. The molecule has 0 aliphatic heterocycles. The third kappa shape index (κ3) is 4.35. The molecular weight excluding hydrogens is 647 g/mol. The fraction of sp³-hybridized carbons (Fsp3) is 0.184. The van der Waals surface area contributed by atoms with E-state index in [0.717, 1.165) is 39.0 Å². The van der Waals surface area contributed by atoms with Crippen LogP contribution in [0.2, 0.25) is 19.6 Å². The van der Waals surface area contributed by atoms with Gasteiger partial charge in [0, 0.05) is 33.0 Å². The summed E-state index contributed by atoms with van der Waals surface area (Å²) in [5, 5.41) is 6.22. The zero-order chi connectivity index (χ0) is 35.7. The van der Waals surface area contributed by atoms with Crippen molar-refractivity contribution >= 4 is 63.0 Å². The number of benzene rings is 7. The van der Waals surface area contributed by atoms with Gasteiger partial charge in [-0.3, -0.25) is 0 Å². The average Bonchev–Trinajstić information content (AvgIpc) is 3.70. The van der Waals surface area contributed by atoms with Gasteiger partial charge in [0.1, 0.15) is 5.58 Å². The van der Waals surface area contributed by atoms with Crippen LogP contribution in [0.25, 0.3) is 55.0 Å². The molecule has 7 aromatic carbocycles. The van der Waals surface area contributed by atoms with E-state index in [0.29, 0.717) is 0 Å². The zero-order valence-corrected chi connectivity index (χ0v) is 32.1. The van der Waals surface area contributed by atoms with Gasteiger partial charge in [-0.1, -0.05) is 125 Å². The molecule has 0 radical (unpaired) electrons. The van der Waals surface area contributed by atoms with E-state index in [4.69, 9.17) is 4.42 Å². The zero-order valence-electron chi connectivity index (χ0n) is 31.1. The van der Waals surface area contributed by atoms with Crippen LogP contribution >= 0.6 is 0 Å². The van der Waals surface area contributed by atoms with E-state index >= 15 is 0 Å². The average molecular weight is 690 g/mol. The van der Waals surface area contributed by atoms with Crippen molar-refractivity contribution in [1.82, 2.24) is 0 Å². The molecule has 2 aliphatic rings. The second-order valence-electron chi connectivity index (χ2n) is 17.1. The molecule has 1 aromatic heterocycles. The predicted molar refractivity (Wildman–Crippen MR) is 224 cm³/mol. The van der Waals surface area contributed by atoms with Gasteiger partial charge in [0.05, 0.1) is 13.8 Å². The summed E-state index contributed by atoms with van der Waals surface area (Å²) in [6, 6.07) is 50.0. The summed E-state index contributed by atoms with van der Waals surface area (Å²) in [4.78, 5) is 2.38. The third-order valence-electron chi connectivity index (χ3n) is 12.2. The van der Waals surface area contributed by atoms with Gasteiger partial charge in [-0.15, -0.1) is 0 Å². The van der Waals surface area contributed by atoms with Crippen molar-refractivity contribution in [2.24, 2.45) is 0 Å². The molecule has 0 unspecified atom stereocenters. The van der Waals surface area contributed by atoms with Gasteiger partial charge in [-0.05, 0) is 116 Å². The Morgan fingerprint density at radius 3 is 1.87 bits per heavy atom. The lowest BCUT2D eigenvalue weighted by molar-refractivity contribution is 0.652. The Morgan fingerprint density at radius 1 is 0.481 bits per heavy atom. The van der Waals surface area contributed by atoms with Crippen LogP contribution in [0.5, 0.6) is 0 Å². The van der Waals surface area contributed by atoms with E-state index in [9.17, 15) is 0 Å². The molecule has 52 heavy (non-hydrogen) atoms. The first kappa shape index (κ1) is 31.4. The Kier molecular flexibility index (Phi) is 6.38. The third-order valence-corrected chi connectivity index (χ3v) is 14.3. The maximum Gasteiger partial charge on any atom is 0.159 e. The fourth-order valence-corrected chi connectivity index (χ4v) is 10.4. The topological polar surface area (TPSA) is 16.4 Å². The first-order valence-corrected chi connectivity index (χ1v) is 22.1. The monoisotopic (exact) mass is 689 g/mol. The summed E-state index contributed by atoms with van der Waals surface area (Å²) in [5.74, 6) is 0. The first-order valence-electron chi connectivity index (χ1n) is 18.6. The van der Waals surface area contributed by atoms with E-state index < -0.39 is 8.07 Å². The molecule has 3 heteroatoms. The molecule has 2 aliphatic carbocycles. The highest BCUT2D eigenvalue weighted by atomic mass is 28.3. The molecule has 2 nitrogen and oxygen atoms in total. The Hall–Kier alpha value is -5.38. The number of rotatable bonds is 4. The van der Waals surface area contributed by atoms with E-state index in [1.54, 1.807) is 0 Å². The number of hydrogen-bond donors (Lipinski definition) is 0. The molecule has 0 spiro atoms. The van der Waals surface area contributed by atoms with E-state index in [-0.39, 0.29) is 10.8 Å². The Labute approximate surface area is 307 Å². The van der Waals surface area contributed by atoms with Gasteiger partial charge >= 0.3 is 0 Å². The van der Waals surface area contributed by atoms with Crippen LogP contribution in [0.1, 0.15) is 49.9 Å². The number of fused-ring (bicyclic) bond motifs is 10. The number of anilines is 3. The highest BCUT2D eigenvalue weighted by Crippen LogP contribution is 2.56. The minimum atomic E-state index is -1.47. The summed E-state index contributed by atoms with van der Waals surface area (Å²) in [6.07, 6.45) is 0. The van der Waals surface area contributed by atoms with Crippen LogP contribution in [0.4, 0.5) is 17.1 Å². The van der Waals surface area contributed by atoms with Crippen molar-refractivity contribution in [1.29, 1.82) is 0 Å². The van der Waals surface area contributed by atoms with Crippen LogP contribution < -0.4 is 10.1 Å². The van der Waals surface area contributed by atoms with Gasteiger partial charge in [-0.2, -0.15) is 0 Å². The van der Waals surface area contributed by atoms with Crippen LogP contribution in [-0.4, -0.2) is 8.07 Å². The van der Waals surface area contributed by atoms with Crippen molar-refractivity contribution in [3.8, 4) is 22.3 Å². The second-order valence-corrected chi connectivity index (χ2v) is 22.1. The van der Waals surface area contributed by atoms with Crippen molar-refractivity contribution in [3.63, 3.8) is 0 Å². The molecule has 0 saturated carbocycles. The Bertz CT molecular complexity index is 2780.